The summed E-state index contributed by atoms with van der Waals surface area (Å²) in [4.78, 5) is 4.24. The molecule has 0 heterocycles. The molecule has 0 saturated carbocycles. The molecular weight excluding hydrogens is 117 g/mol. The monoisotopic (exact) mass is 127 g/mol. The topological polar surface area (TPSA) is 12.4 Å². The molecule has 0 amide bonds. The number of rotatable bonds is 1. The molecule has 0 N–H and O–H groups in total. The van der Waals surface area contributed by atoms with Crippen molar-refractivity contribution in [2.45, 2.75) is 13.8 Å². The maximum atomic E-state index is 4.24. The minimum atomic E-state index is 0. The van der Waals surface area contributed by atoms with E-state index >= 15 is 0 Å². The summed E-state index contributed by atoms with van der Waals surface area (Å²) >= 11 is 0. The third-order valence-corrected chi connectivity index (χ3v) is 0.998. The van der Waals surface area contributed by atoms with E-state index < -0.39 is 0 Å². The average Bonchev–Trinajstić information content (AvgIpc) is 2.15. The predicted octanol–water partition coefficient (Wildman–Crippen LogP) is -0.478. The van der Waals surface area contributed by atoms with Gasteiger partial charge in [-0.2, -0.15) is 24.3 Å². The zero-order chi connectivity index (χ0) is 6.69. The Balaban J connectivity index is 0.000000810. The second-order valence-corrected chi connectivity index (χ2v) is 2.20. The minimum absolute atomic E-state index is 0. The molecule has 0 fully saturated rings. The first kappa shape index (κ1) is 9.62. The van der Waals surface area contributed by atoms with Gasteiger partial charge in [-0.3, -0.25) is 0 Å². The largest absolute Gasteiger partial charge is 1.00 e. The third kappa shape index (κ3) is 2.96. The van der Waals surface area contributed by atoms with Crippen molar-refractivity contribution in [2.24, 2.45) is 4.99 Å². The van der Waals surface area contributed by atoms with Gasteiger partial charge in [0.1, 0.15) is 0 Å². The van der Waals surface area contributed by atoms with Crippen molar-refractivity contribution in [1.29, 1.82) is 0 Å². The fourth-order valence-corrected chi connectivity index (χ4v) is 0.697. The van der Waals surface area contributed by atoms with Gasteiger partial charge in [0, 0.05) is 0 Å². The fraction of sp³-hybridized carbons (Fsp3) is 0.250. The molecule has 1 aromatic carbocycles. The average molecular weight is 127 g/mol. The Bertz CT molecular complexity index is 195. The Morgan fingerprint density at radius 2 is 2.20 bits per heavy atom. The molecule has 0 radical (unpaired) electrons. The van der Waals surface area contributed by atoms with Crippen LogP contribution in [0.25, 0.3) is 0 Å². The summed E-state index contributed by atoms with van der Waals surface area (Å²) in [6.45, 7) is 3.99. The standard InChI is InChI=1S/C8H10N.Li/c1-7(2)9-8-5-3-4-6-8;/h3-6H,1-2H3;/q-1;+1. The van der Waals surface area contributed by atoms with Crippen LogP contribution in [-0.2, 0) is 0 Å². The van der Waals surface area contributed by atoms with Gasteiger partial charge in [0.2, 0.25) is 0 Å². The van der Waals surface area contributed by atoms with Crippen molar-refractivity contribution in [3.8, 4) is 0 Å². The molecule has 10 heavy (non-hydrogen) atoms. The SMILES string of the molecule is CC(C)=Nc1cc[cH-]c1.[Li+]. The van der Waals surface area contributed by atoms with Gasteiger partial charge in [-0.1, -0.05) is 5.69 Å². The summed E-state index contributed by atoms with van der Waals surface area (Å²) < 4.78 is 0. The normalized spacial score (nSPS) is 8.20. The Morgan fingerprint density at radius 1 is 1.50 bits per heavy atom. The van der Waals surface area contributed by atoms with E-state index in [9.17, 15) is 0 Å². The molecule has 0 bridgehead atoms. The quantitative estimate of drug-likeness (QED) is 0.274. The minimum Gasteiger partial charge on any atom is -0.335 e. The zero-order valence-electron chi connectivity index (χ0n) is 6.76. The predicted molar refractivity (Wildman–Crippen MR) is 40.5 cm³/mol. The first-order valence-corrected chi connectivity index (χ1v) is 3.02. The Morgan fingerprint density at radius 3 is 2.60 bits per heavy atom. The molecule has 0 aliphatic heterocycles. The molecule has 1 nitrogen and oxygen atoms in total. The molecule has 48 valence electrons. The van der Waals surface area contributed by atoms with E-state index in [1.807, 2.05) is 38.1 Å². The second kappa shape index (κ2) is 4.44. The van der Waals surface area contributed by atoms with Crippen molar-refractivity contribution in [2.75, 3.05) is 0 Å². The number of aliphatic imine (C=N–C) groups is 1. The van der Waals surface area contributed by atoms with Gasteiger partial charge in [0.15, 0.2) is 0 Å². The van der Waals surface area contributed by atoms with Crippen molar-refractivity contribution in [3.63, 3.8) is 0 Å². The van der Waals surface area contributed by atoms with Crippen LogP contribution in [-0.4, -0.2) is 5.71 Å². The summed E-state index contributed by atoms with van der Waals surface area (Å²) in [6.07, 6.45) is 0. The summed E-state index contributed by atoms with van der Waals surface area (Å²) in [5.41, 5.74) is 2.15. The number of hydrogen-bond acceptors (Lipinski definition) is 1. The van der Waals surface area contributed by atoms with Gasteiger partial charge in [0.05, 0.1) is 0 Å². The number of hydrogen-bond donors (Lipinski definition) is 0. The maximum absolute atomic E-state index is 4.24. The summed E-state index contributed by atoms with van der Waals surface area (Å²) in [5, 5.41) is 0. The van der Waals surface area contributed by atoms with Crippen molar-refractivity contribution >= 4 is 11.4 Å². The zero-order valence-corrected chi connectivity index (χ0v) is 6.76. The molecular formula is C8H10LiN. The van der Waals surface area contributed by atoms with E-state index in [2.05, 4.69) is 4.99 Å². The third-order valence-electron chi connectivity index (χ3n) is 0.998. The van der Waals surface area contributed by atoms with Crippen LogP contribution in [0, 0.1) is 0 Å². The summed E-state index contributed by atoms with van der Waals surface area (Å²) in [7, 11) is 0. The maximum Gasteiger partial charge on any atom is 1.00 e. The molecule has 1 rings (SSSR count). The molecule has 0 aliphatic rings. The van der Waals surface area contributed by atoms with E-state index in [1.165, 1.54) is 0 Å². The molecule has 0 atom stereocenters. The molecule has 0 spiro atoms. The first-order chi connectivity index (χ1) is 4.29. The molecule has 0 aliphatic carbocycles. The van der Waals surface area contributed by atoms with E-state index in [1.54, 1.807) is 0 Å². The Hall–Kier alpha value is -0.383. The van der Waals surface area contributed by atoms with E-state index in [4.69, 9.17) is 0 Å². The van der Waals surface area contributed by atoms with E-state index in [0.717, 1.165) is 11.4 Å². The summed E-state index contributed by atoms with van der Waals surface area (Å²) in [5.74, 6) is 0. The molecule has 2 heteroatoms. The van der Waals surface area contributed by atoms with Gasteiger partial charge in [0.25, 0.3) is 0 Å². The van der Waals surface area contributed by atoms with Crippen LogP contribution in [0.5, 0.6) is 0 Å². The molecule has 0 aromatic heterocycles. The van der Waals surface area contributed by atoms with E-state index in [-0.39, 0.29) is 18.9 Å². The van der Waals surface area contributed by atoms with Gasteiger partial charge in [-0.25, -0.2) is 0 Å². The number of nitrogens with zero attached hydrogens (tertiary/aromatic N) is 1. The van der Waals surface area contributed by atoms with Gasteiger partial charge in [-0.05, 0) is 19.6 Å². The van der Waals surface area contributed by atoms with Crippen LogP contribution in [0.3, 0.4) is 0 Å². The first-order valence-electron chi connectivity index (χ1n) is 3.02. The van der Waals surface area contributed by atoms with Gasteiger partial charge < -0.3 is 4.99 Å². The Kier molecular flexibility index (Phi) is 4.27. The van der Waals surface area contributed by atoms with Crippen LogP contribution in [0.4, 0.5) is 5.69 Å². The Labute approximate surface area is 73.7 Å². The van der Waals surface area contributed by atoms with Crippen LogP contribution < -0.4 is 18.9 Å². The van der Waals surface area contributed by atoms with Gasteiger partial charge in [-0.15, -0.1) is 0 Å². The fourth-order valence-electron chi connectivity index (χ4n) is 0.697. The molecule has 1 aromatic rings. The van der Waals surface area contributed by atoms with Crippen molar-refractivity contribution in [3.05, 3.63) is 24.3 Å². The van der Waals surface area contributed by atoms with Crippen molar-refractivity contribution in [1.82, 2.24) is 0 Å². The van der Waals surface area contributed by atoms with Crippen LogP contribution >= 0.6 is 0 Å². The second-order valence-electron chi connectivity index (χ2n) is 2.20. The van der Waals surface area contributed by atoms with E-state index in [0.29, 0.717) is 0 Å². The van der Waals surface area contributed by atoms with Crippen LogP contribution in [0.1, 0.15) is 13.8 Å². The summed E-state index contributed by atoms with van der Waals surface area (Å²) in [6, 6.07) is 7.96. The molecule has 0 unspecified atom stereocenters. The smallest absolute Gasteiger partial charge is 0.335 e. The van der Waals surface area contributed by atoms with Crippen LogP contribution in [0.15, 0.2) is 29.3 Å². The molecule has 0 saturated heterocycles. The van der Waals surface area contributed by atoms with Crippen LogP contribution in [0.2, 0.25) is 0 Å². The van der Waals surface area contributed by atoms with Gasteiger partial charge >= 0.3 is 18.9 Å². The van der Waals surface area contributed by atoms with Crippen molar-refractivity contribution < 1.29 is 18.9 Å².